The van der Waals surface area contributed by atoms with Crippen molar-refractivity contribution < 1.29 is 9.84 Å². The molecule has 0 atom stereocenters. The van der Waals surface area contributed by atoms with Crippen molar-refractivity contribution in [3.8, 4) is 18.1 Å². The maximum absolute atomic E-state index is 9.28. The lowest BCUT2D eigenvalue weighted by molar-refractivity contribution is 0.137. The zero-order valence-electron chi connectivity index (χ0n) is 14.5. The molecule has 0 aliphatic carbocycles. The van der Waals surface area contributed by atoms with Gasteiger partial charge in [0.25, 0.3) is 0 Å². The van der Waals surface area contributed by atoms with Gasteiger partial charge < -0.3 is 14.7 Å². The molecule has 5 nitrogen and oxygen atoms in total. The minimum absolute atomic E-state index is 0.0596. The van der Waals surface area contributed by atoms with Crippen molar-refractivity contribution in [1.29, 1.82) is 0 Å². The highest BCUT2D eigenvalue weighted by atomic mass is 16.5. The molecule has 1 aliphatic heterocycles. The van der Waals surface area contributed by atoms with E-state index in [1.54, 1.807) is 0 Å². The smallest absolute Gasteiger partial charge is 0.145 e. The zero-order chi connectivity index (χ0) is 17.5. The predicted octanol–water partition coefficient (Wildman–Crippen LogP) is 1.75. The summed E-state index contributed by atoms with van der Waals surface area (Å²) in [6, 6.07) is 9.73. The first-order valence-corrected chi connectivity index (χ1v) is 8.80. The molecule has 2 aromatic rings. The molecule has 0 radical (unpaired) electrons. The number of pyridine rings is 1. The molecular formula is C20H25N3O2. The van der Waals surface area contributed by atoms with Crippen molar-refractivity contribution >= 4 is 10.9 Å². The maximum atomic E-state index is 9.28. The number of nitrogens with zero attached hydrogens (tertiary/aromatic N) is 3. The van der Waals surface area contributed by atoms with E-state index in [0.29, 0.717) is 12.3 Å². The number of hydrogen-bond donors (Lipinski definition) is 1. The second-order valence-electron chi connectivity index (χ2n) is 6.31. The normalized spacial score (nSPS) is 16.0. The summed E-state index contributed by atoms with van der Waals surface area (Å²) in [6.45, 7) is 6.61. The minimum atomic E-state index is -0.0596. The number of aliphatic hydroxyl groups is 1. The third kappa shape index (κ3) is 4.70. The van der Waals surface area contributed by atoms with E-state index < -0.39 is 0 Å². The number of fused-ring (bicyclic) bond motifs is 1. The van der Waals surface area contributed by atoms with Crippen LogP contribution in [0, 0.1) is 12.3 Å². The number of benzene rings is 1. The van der Waals surface area contributed by atoms with Gasteiger partial charge in [-0.2, -0.15) is 0 Å². The topological polar surface area (TPSA) is 48.8 Å². The summed E-state index contributed by atoms with van der Waals surface area (Å²) < 4.78 is 5.96. The molecule has 0 spiro atoms. The van der Waals surface area contributed by atoms with Gasteiger partial charge in [-0.15, -0.1) is 6.42 Å². The van der Waals surface area contributed by atoms with Crippen LogP contribution < -0.4 is 4.74 Å². The van der Waals surface area contributed by atoms with Crippen LogP contribution in [0.3, 0.4) is 0 Å². The Balaban J connectivity index is 1.48. The fraction of sp³-hybridized carbons (Fsp3) is 0.450. The van der Waals surface area contributed by atoms with E-state index in [1.165, 1.54) is 0 Å². The van der Waals surface area contributed by atoms with Gasteiger partial charge in [0.2, 0.25) is 0 Å². The lowest BCUT2D eigenvalue weighted by Crippen LogP contribution is -2.46. The van der Waals surface area contributed by atoms with Crippen LogP contribution in [0.15, 0.2) is 30.3 Å². The molecular weight excluding hydrogens is 314 g/mol. The molecule has 2 heterocycles. The minimum Gasteiger partial charge on any atom is -0.491 e. The fourth-order valence-electron chi connectivity index (χ4n) is 3.14. The Morgan fingerprint density at radius 1 is 1.12 bits per heavy atom. The molecule has 1 aromatic carbocycles. The Bertz CT molecular complexity index is 733. The molecule has 1 aliphatic rings. The maximum Gasteiger partial charge on any atom is 0.145 e. The van der Waals surface area contributed by atoms with E-state index in [4.69, 9.17) is 11.2 Å². The Labute approximate surface area is 149 Å². The fourth-order valence-corrected chi connectivity index (χ4v) is 3.14. The van der Waals surface area contributed by atoms with E-state index in [9.17, 15) is 5.11 Å². The predicted molar refractivity (Wildman–Crippen MR) is 99.5 cm³/mol. The number of ether oxygens (including phenoxy) is 1. The summed E-state index contributed by atoms with van der Waals surface area (Å²) in [7, 11) is 0. The number of piperazine rings is 1. The summed E-state index contributed by atoms with van der Waals surface area (Å²) in [4.78, 5) is 9.25. The lowest BCUT2D eigenvalue weighted by atomic mass is 10.2. The number of hydrogen-bond acceptors (Lipinski definition) is 5. The Kier molecular flexibility index (Phi) is 6.24. The molecule has 0 amide bonds. The van der Waals surface area contributed by atoms with Crippen LogP contribution in [-0.4, -0.2) is 65.8 Å². The second-order valence-corrected chi connectivity index (χ2v) is 6.31. The number of para-hydroxylation sites is 1. The van der Waals surface area contributed by atoms with Crippen LogP contribution in [0.4, 0.5) is 0 Å². The van der Waals surface area contributed by atoms with E-state index in [1.807, 2.05) is 30.3 Å². The van der Waals surface area contributed by atoms with Gasteiger partial charge in [-0.05, 0) is 18.6 Å². The monoisotopic (exact) mass is 339 g/mol. The molecule has 25 heavy (non-hydrogen) atoms. The van der Waals surface area contributed by atoms with Crippen LogP contribution in [0.1, 0.15) is 12.1 Å². The van der Waals surface area contributed by atoms with Crippen molar-refractivity contribution in [2.45, 2.75) is 13.0 Å². The van der Waals surface area contributed by atoms with Gasteiger partial charge in [0.1, 0.15) is 11.3 Å². The van der Waals surface area contributed by atoms with Gasteiger partial charge in [0.05, 0.1) is 25.5 Å². The highest BCUT2D eigenvalue weighted by Gasteiger charge is 2.15. The molecule has 0 bridgehead atoms. The first-order valence-electron chi connectivity index (χ1n) is 8.80. The van der Waals surface area contributed by atoms with Gasteiger partial charge in [-0.1, -0.05) is 24.1 Å². The first-order chi connectivity index (χ1) is 12.3. The van der Waals surface area contributed by atoms with E-state index in [-0.39, 0.29) is 6.61 Å². The van der Waals surface area contributed by atoms with E-state index >= 15 is 0 Å². The average Bonchev–Trinajstić information content (AvgIpc) is 2.66. The van der Waals surface area contributed by atoms with Gasteiger partial charge in [0, 0.05) is 38.1 Å². The third-order valence-corrected chi connectivity index (χ3v) is 4.56. The molecule has 1 fully saturated rings. The van der Waals surface area contributed by atoms with Crippen molar-refractivity contribution in [2.24, 2.45) is 0 Å². The second kappa shape index (κ2) is 8.82. The van der Waals surface area contributed by atoms with Crippen LogP contribution in [0.25, 0.3) is 10.9 Å². The summed E-state index contributed by atoms with van der Waals surface area (Å²) >= 11 is 0. The molecule has 0 saturated carbocycles. The number of terminal acetylenes is 1. The van der Waals surface area contributed by atoms with Crippen LogP contribution in [-0.2, 0) is 6.61 Å². The number of aromatic nitrogens is 1. The molecule has 1 saturated heterocycles. The van der Waals surface area contributed by atoms with Crippen molar-refractivity contribution in [1.82, 2.24) is 14.8 Å². The summed E-state index contributed by atoms with van der Waals surface area (Å²) in [6.07, 6.45) is 6.34. The summed E-state index contributed by atoms with van der Waals surface area (Å²) in [5.74, 6) is 3.50. The van der Waals surface area contributed by atoms with Gasteiger partial charge in [-0.25, -0.2) is 4.98 Å². The number of aliphatic hydroxyl groups excluding tert-OH is 1. The first kappa shape index (κ1) is 17.7. The molecule has 5 heteroatoms. The van der Waals surface area contributed by atoms with Crippen molar-refractivity contribution in [3.05, 3.63) is 36.0 Å². The van der Waals surface area contributed by atoms with Gasteiger partial charge >= 0.3 is 0 Å². The highest BCUT2D eigenvalue weighted by molar-refractivity contribution is 5.84. The Hall–Kier alpha value is -2.13. The standard InChI is InChI=1S/C20H25N3O2/c1-2-9-22-11-13-23(14-12-22)10-4-15-25-19-6-3-5-17-7-8-18(16-24)21-20(17)19/h1,3,5-8,24H,4,9-16H2. The van der Waals surface area contributed by atoms with Crippen LogP contribution in [0.2, 0.25) is 0 Å². The molecule has 1 N–H and O–H groups in total. The Morgan fingerprint density at radius 2 is 1.92 bits per heavy atom. The quantitative estimate of drug-likeness (QED) is 0.615. The third-order valence-electron chi connectivity index (χ3n) is 4.56. The van der Waals surface area contributed by atoms with Crippen LogP contribution >= 0.6 is 0 Å². The van der Waals surface area contributed by atoms with Gasteiger partial charge in [-0.3, -0.25) is 4.90 Å². The van der Waals surface area contributed by atoms with E-state index in [2.05, 4.69) is 20.7 Å². The average molecular weight is 339 g/mol. The zero-order valence-corrected chi connectivity index (χ0v) is 14.5. The highest BCUT2D eigenvalue weighted by Crippen LogP contribution is 2.24. The van der Waals surface area contributed by atoms with Crippen molar-refractivity contribution in [2.75, 3.05) is 45.9 Å². The largest absolute Gasteiger partial charge is 0.491 e. The molecule has 1 aromatic heterocycles. The molecule has 132 valence electrons. The number of rotatable bonds is 7. The Morgan fingerprint density at radius 3 is 2.68 bits per heavy atom. The molecule has 0 unspecified atom stereocenters. The summed E-state index contributed by atoms with van der Waals surface area (Å²) in [5, 5.41) is 10.3. The summed E-state index contributed by atoms with van der Waals surface area (Å²) in [5.41, 5.74) is 1.48. The van der Waals surface area contributed by atoms with E-state index in [0.717, 1.165) is 62.3 Å². The molecule has 3 rings (SSSR count). The lowest BCUT2D eigenvalue weighted by Gasteiger charge is -2.33. The SMILES string of the molecule is C#CCN1CCN(CCCOc2cccc3ccc(CO)nc23)CC1. The van der Waals surface area contributed by atoms with Crippen molar-refractivity contribution in [3.63, 3.8) is 0 Å². The van der Waals surface area contributed by atoms with Gasteiger partial charge in [0.15, 0.2) is 0 Å². The van der Waals surface area contributed by atoms with Crippen LogP contribution in [0.5, 0.6) is 5.75 Å².